The Morgan fingerprint density at radius 3 is 2.46 bits per heavy atom. The topological polar surface area (TPSA) is 122 Å². The molecule has 0 bridgehead atoms. The van der Waals surface area contributed by atoms with Gasteiger partial charge in [0.05, 0.1) is 10.5 Å². The van der Waals surface area contributed by atoms with E-state index in [1.54, 1.807) is 29.8 Å². The highest BCUT2D eigenvalue weighted by Crippen LogP contribution is 2.33. The van der Waals surface area contributed by atoms with Gasteiger partial charge in [-0.25, -0.2) is 0 Å². The van der Waals surface area contributed by atoms with Crippen LogP contribution in [0.4, 0.5) is 0 Å². The number of rotatable bonds is 4. The highest BCUT2D eigenvalue weighted by Gasteiger charge is 2.16. The van der Waals surface area contributed by atoms with Crippen LogP contribution in [0.5, 0.6) is 11.5 Å². The Morgan fingerprint density at radius 1 is 1.15 bits per heavy atom. The summed E-state index contributed by atoms with van der Waals surface area (Å²) in [6, 6.07) is 12.6. The van der Waals surface area contributed by atoms with Crippen LogP contribution in [0.25, 0.3) is 10.9 Å². The fourth-order valence-electron chi connectivity index (χ4n) is 2.63. The number of nitrogens with two attached hydrogens (primary N) is 3. The molecule has 0 aliphatic rings. The van der Waals surface area contributed by atoms with Crippen molar-refractivity contribution in [3.8, 4) is 11.5 Å². The minimum atomic E-state index is -0.542. The third-order valence-corrected chi connectivity index (χ3v) is 4.24. The van der Waals surface area contributed by atoms with Crippen LogP contribution in [0.15, 0.2) is 47.5 Å². The van der Waals surface area contributed by atoms with Gasteiger partial charge in [0.1, 0.15) is 17.2 Å². The quantitative estimate of drug-likeness (QED) is 0.480. The monoisotopic (exact) mass is 371 g/mol. The summed E-state index contributed by atoms with van der Waals surface area (Å²) in [5.41, 5.74) is 18.2. The van der Waals surface area contributed by atoms with E-state index in [2.05, 4.69) is 4.99 Å². The number of carbonyl (C=O) groups is 1. The zero-order valence-electron chi connectivity index (χ0n) is 14.1. The molecule has 0 radical (unpaired) electrons. The fraction of sp³-hybridized carbons (Fsp3) is 0.111. The highest BCUT2D eigenvalue weighted by atomic mass is 35.5. The van der Waals surface area contributed by atoms with E-state index in [-0.39, 0.29) is 5.96 Å². The first-order chi connectivity index (χ1) is 12.4. The summed E-state index contributed by atoms with van der Waals surface area (Å²) in [4.78, 5) is 15.7. The third-order valence-electron chi connectivity index (χ3n) is 3.93. The molecule has 3 aromatic rings. The second kappa shape index (κ2) is 7.07. The second-order valence-corrected chi connectivity index (χ2v) is 6.13. The number of nitrogens with zero attached hydrogens (tertiary/aromatic N) is 2. The van der Waals surface area contributed by atoms with E-state index in [0.29, 0.717) is 34.1 Å². The van der Waals surface area contributed by atoms with Crippen LogP contribution in [-0.2, 0) is 13.6 Å². The molecule has 0 spiro atoms. The molecule has 0 aliphatic heterocycles. The number of guanidine groups is 1. The number of amides is 1. The molecule has 3 rings (SSSR count). The molecule has 1 heterocycles. The molecule has 6 N–H and O–H groups in total. The molecule has 1 amide bonds. The molecule has 134 valence electrons. The van der Waals surface area contributed by atoms with Gasteiger partial charge in [0.2, 0.25) is 0 Å². The van der Waals surface area contributed by atoms with Crippen LogP contribution in [0.3, 0.4) is 0 Å². The predicted octanol–water partition coefficient (Wildman–Crippen LogP) is 2.50. The highest BCUT2D eigenvalue weighted by molar-refractivity contribution is 6.35. The summed E-state index contributed by atoms with van der Waals surface area (Å²) in [5.74, 6) is 0.365. The Labute approximate surface area is 155 Å². The number of benzene rings is 2. The van der Waals surface area contributed by atoms with Gasteiger partial charge in [-0.2, -0.15) is 4.99 Å². The zero-order valence-corrected chi connectivity index (χ0v) is 14.8. The normalized spacial score (nSPS) is 10.7. The number of carbonyl (C=O) groups excluding carboxylic acids is 1. The number of halogens is 1. The molecular formula is C18H18ClN5O2. The molecule has 2 aromatic carbocycles. The Morgan fingerprint density at radius 2 is 1.85 bits per heavy atom. The molecule has 1 aromatic heterocycles. The molecule has 0 saturated heterocycles. The van der Waals surface area contributed by atoms with E-state index in [9.17, 15) is 4.79 Å². The van der Waals surface area contributed by atoms with Gasteiger partial charge in [0, 0.05) is 31.1 Å². The average molecular weight is 372 g/mol. The molecular weight excluding hydrogens is 354 g/mol. The van der Waals surface area contributed by atoms with Gasteiger partial charge in [-0.05, 0) is 23.8 Å². The number of aliphatic imine (C=N–C) groups is 1. The Kier molecular flexibility index (Phi) is 4.83. The van der Waals surface area contributed by atoms with E-state index in [0.717, 1.165) is 11.1 Å². The third kappa shape index (κ3) is 3.49. The maximum absolute atomic E-state index is 12.1. The van der Waals surface area contributed by atoms with Gasteiger partial charge in [-0.1, -0.05) is 23.7 Å². The number of ether oxygens (including phenoxy) is 1. The van der Waals surface area contributed by atoms with Crippen molar-refractivity contribution in [1.29, 1.82) is 0 Å². The van der Waals surface area contributed by atoms with E-state index < -0.39 is 5.91 Å². The number of fused-ring (bicyclic) bond motifs is 1. The van der Waals surface area contributed by atoms with E-state index in [1.165, 1.54) is 0 Å². The molecule has 0 aliphatic carbocycles. The van der Waals surface area contributed by atoms with Crippen molar-refractivity contribution in [2.75, 3.05) is 0 Å². The standard InChI is InChI=1S/C18H18ClN5O2/c1-24-15-7-12(26-11-4-2-10(9-20)3-5-11)6-14(19)13(15)8-16(24)17(25)23-18(21)22/h2-8H,9,20H2,1H3,(H4,21,22,23,25). The summed E-state index contributed by atoms with van der Waals surface area (Å²) in [7, 11) is 1.73. The largest absolute Gasteiger partial charge is 0.457 e. The smallest absolute Gasteiger partial charge is 0.296 e. The zero-order chi connectivity index (χ0) is 18.8. The molecule has 8 heteroatoms. The number of aromatic nitrogens is 1. The lowest BCUT2D eigenvalue weighted by Crippen LogP contribution is -2.24. The van der Waals surface area contributed by atoms with Crippen molar-refractivity contribution in [3.63, 3.8) is 0 Å². The molecule has 0 fully saturated rings. The molecule has 7 nitrogen and oxygen atoms in total. The van der Waals surface area contributed by atoms with Crippen LogP contribution in [-0.4, -0.2) is 16.4 Å². The first-order valence-electron chi connectivity index (χ1n) is 7.79. The SMILES string of the molecule is Cn1c(C(=O)N=C(N)N)cc2c(Cl)cc(Oc3ccc(CN)cc3)cc21. The van der Waals surface area contributed by atoms with Gasteiger partial charge in [0.25, 0.3) is 5.91 Å². The lowest BCUT2D eigenvalue weighted by Gasteiger charge is -2.08. The van der Waals surface area contributed by atoms with E-state index >= 15 is 0 Å². The molecule has 0 saturated carbocycles. The van der Waals surface area contributed by atoms with Crippen molar-refractivity contribution in [1.82, 2.24) is 4.57 Å². The van der Waals surface area contributed by atoms with Gasteiger partial charge >= 0.3 is 0 Å². The average Bonchev–Trinajstić information content (AvgIpc) is 2.93. The lowest BCUT2D eigenvalue weighted by molar-refractivity contribution is 0.0995. The first-order valence-corrected chi connectivity index (χ1v) is 8.16. The van der Waals surface area contributed by atoms with Crippen molar-refractivity contribution in [3.05, 3.63) is 58.7 Å². The minimum absolute atomic E-state index is 0.295. The van der Waals surface area contributed by atoms with Gasteiger partial charge in [-0.15, -0.1) is 0 Å². The Hall–Kier alpha value is -3.03. The number of hydrogen-bond donors (Lipinski definition) is 3. The van der Waals surface area contributed by atoms with Crippen LogP contribution in [0.1, 0.15) is 16.1 Å². The van der Waals surface area contributed by atoms with E-state index in [1.807, 2.05) is 24.3 Å². The predicted molar refractivity (Wildman–Crippen MR) is 102 cm³/mol. The summed E-state index contributed by atoms with van der Waals surface area (Å²) in [5, 5.41) is 1.16. The molecule has 26 heavy (non-hydrogen) atoms. The lowest BCUT2D eigenvalue weighted by atomic mass is 10.2. The molecule has 0 unspecified atom stereocenters. The molecule has 0 atom stereocenters. The van der Waals surface area contributed by atoms with Crippen LogP contribution in [0, 0.1) is 0 Å². The number of aryl methyl sites for hydroxylation is 1. The maximum atomic E-state index is 12.1. The Balaban J connectivity index is 1.99. The van der Waals surface area contributed by atoms with Gasteiger partial charge < -0.3 is 26.5 Å². The van der Waals surface area contributed by atoms with Crippen molar-refractivity contribution in [2.45, 2.75) is 6.54 Å². The summed E-state index contributed by atoms with van der Waals surface area (Å²) in [6.07, 6.45) is 0. The summed E-state index contributed by atoms with van der Waals surface area (Å²) < 4.78 is 7.53. The van der Waals surface area contributed by atoms with Gasteiger partial charge in [-0.3, -0.25) is 4.79 Å². The van der Waals surface area contributed by atoms with Crippen LogP contribution >= 0.6 is 11.6 Å². The maximum Gasteiger partial charge on any atom is 0.296 e. The Bertz CT molecular complexity index is 1000. The van der Waals surface area contributed by atoms with E-state index in [4.69, 9.17) is 33.5 Å². The summed E-state index contributed by atoms with van der Waals surface area (Å²) >= 11 is 6.37. The first kappa shape index (κ1) is 17.8. The van der Waals surface area contributed by atoms with Crippen LogP contribution < -0.4 is 21.9 Å². The minimum Gasteiger partial charge on any atom is -0.457 e. The second-order valence-electron chi connectivity index (χ2n) is 5.72. The number of hydrogen-bond acceptors (Lipinski definition) is 3. The van der Waals surface area contributed by atoms with Crippen molar-refractivity contribution >= 4 is 34.4 Å². The summed E-state index contributed by atoms with van der Waals surface area (Å²) in [6.45, 7) is 0.466. The van der Waals surface area contributed by atoms with Gasteiger partial charge in [0.15, 0.2) is 5.96 Å². The van der Waals surface area contributed by atoms with Crippen LogP contribution in [0.2, 0.25) is 5.02 Å². The van der Waals surface area contributed by atoms with Crippen molar-refractivity contribution in [2.24, 2.45) is 29.2 Å². The fourth-order valence-corrected chi connectivity index (χ4v) is 2.89. The van der Waals surface area contributed by atoms with Crippen molar-refractivity contribution < 1.29 is 9.53 Å².